The van der Waals surface area contributed by atoms with Crippen LogP contribution in [-0.4, -0.2) is 4.70 Å². The number of nitrogens with zero attached hydrogens (tertiary/aromatic N) is 2. The van der Waals surface area contributed by atoms with E-state index in [-0.39, 0.29) is 0 Å². The van der Waals surface area contributed by atoms with Crippen LogP contribution in [0.3, 0.4) is 0 Å². The lowest BCUT2D eigenvalue weighted by atomic mass is 9.96. The van der Waals surface area contributed by atoms with Crippen LogP contribution in [0.4, 0.5) is 0 Å². The first kappa shape index (κ1) is 29.6. The first-order valence-corrected chi connectivity index (χ1v) is 15.3. The summed E-state index contributed by atoms with van der Waals surface area (Å²) in [5, 5.41) is 0. The molecule has 0 spiro atoms. The summed E-state index contributed by atoms with van der Waals surface area (Å²) in [5.41, 5.74) is 20.4. The van der Waals surface area contributed by atoms with Gasteiger partial charge in [-0.3, -0.25) is 0 Å². The van der Waals surface area contributed by atoms with Crippen molar-refractivity contribution in [2.24, 2.45) is 0 Å². The van der Waals surface area contributed by atoms with E-state index in [0.717, 1.165) is 65.8 Å². The maximum Gasteiger partial charge on any atom is 0.223 e. The first-order chi connectivity index (χ1) is 18.6. The van der Waals surface area contributed by atoms with Gasteiger partial charge in [0.05, 0.1) is 0 Å². The Hall–Kier alpha value is -2.92. The Morgan fingerprint density at radius 2 is 1.21 bits per heavy atom. The SMILES string of the molecule is CCCCCCC#CC1=C(c2cccc(CCCCC)c2)[N+](=[N-])C(c2cccc(CCCCC)c2)=C1CC. The average molecular weight is 509 g/mol. The van der Waals surface area contributed by atoms with E-state index >= 15 is 0 Å². The monoisotopic (exact) mass is 508 g/mol. The van der Waals surface area contributed by atoms with Crippen molar-refractivity contribution < 1.29 is 4.70 Å². The van der Waals surface area contributed by atoms with Gasteiger partial charge in [0.25, 0.3) is 0 Å². The molecule has 2 aromatic carbocycles. The molecule has 202 valence electrons. The van der Waals surface area contributed by atoms with E-state index in [0.29, 0.717) is 0 Å². The molecule has 3 rings (SSSR count). The molecule has 38 heavy (non-hydrogen) atoms. The maximum absolute atomic E-state index is 11.8. The van der Waals surface area contributed by atoms with Gasteiger partial charge in [-0.2, -0.15) is 0 Å². The second-order valence-corrected chi connectivity index (χ2v) is 10.6. The van der Waals surface area contributed by atoms with Crippen molar-refractivity contribution in [1.82, 2.24) is 0 Å². The molecule has 0 saturated carbocycles. The molecule has 0 bridgehead atoms. The molecule has 0 atom stereocenters. The lowest BCUT2D eigenvalue weighted by Crippen LogP contribution is -2.03. The van der Waals surface area contributed by atoms with Crippen LogP contribution in [0, 0.1) is 11.8 Å². The summed E-state index contributed by atoms with van der Waals surface area (Å²) in [4.78, 5) is 0. The van der Waals surface area contributed by atoms with Crippen molar-refractivity contribution in [1.29, 1.82) is 0 Å². The summed E-state index contributed by atoms with van der Waals surface area (Å²) < 4.78 is 1.44. The van der Waals surface area contributed by atoms with Crippen molar-refractivity contribution in [3.05, 3.63) is 87.5 Å². The molecule has 0 amide bonds. The number of unbranched alkanes of at least 4 members (excludes halogenated alkanes) is 8. The van der Waals surface area contributed by atoms with Gasteiger partial charge in [0.2, 0.25) is 11.4 Å². The minimum atomic E-state index is 0.825. The molecule has 2 aromatic rings. The predicted octanol–water partition coefficient (Wildman–Crippen LogP) is 10.7. The zero-order valence-electron chi connectivity index (χ0n) is 24.4. The van der Waals surface area contributed by atoms with Crippen LogP contribution in [0.1, 0.15) is 127 Å². The smallest absolute Gasteiger partial charge is 0.223 e. The van der Waals surface area contributed by atoms with E-state index in [9.17, 15) is 5.53 Å². The minimum absolute atomic E-state index is 0.825. The van der Waals surface area contributed by atoms with Crippen LogP contribution in [0.2, 0.25) is 0 Å². The fourth-order valence-electron chi connectivity index (χ4n) is 5.35. The van der Waals surface area contributed by atoms with Crippen molar-refractivity contribution >= 4 is 11.4 Å². The Kier molecular flexibility index (Phi) is 12.6. The Morgan fingerprint density at radius 1 is 0.658 bits per heavy atom. The van der Waals surface area contributed by atoms with Crippen molar-refractivity contribution in [3.8, 4) is 11.8 Å². The van der Waals surface area contributed by atoms with E-state index < -0.39 is 0 Å². The molecule has 2 heteroatoms. The van der Waals surface area contributed by atoms with Crippen LogP contribution < -0.4 is 0 Å². The van der Waals surface area contributed by atoms with Crippen LogP contribution in [-0.2, 0) is 12.8 Å². The highest BCUT2D eigenvalue weighted by molar-refractivity contribution is 5.85. The van der Waals surface area contributed by atoms with E-state index in [2.05, 4.69) is 88.1 Å². The molecule has 1 aliphatic rings. The van der Waals surface area contributed by atoms with Gasteiger partial charge < -0.3 is 5.53 Å². The van der Waals surface area contributed by atoms with Gasteiger partial charge in [-0.15, -0.1) is 0 Å². The summed E-state index contributed by atoms with van der Waals surface area (Å²) in [6, 6.07) is 17.5. The quantitative estimate of drug-likeness (QED) is 0.130. The highest BCUT2D eigenvalue weighted by Gasteiger charge is 2.34. The van der Waals surface area contributed by atoms with Crippen LogP contribution in [0.5, 0.6) is 0 Å². The molecule has 0 saturated heterocycles. The van der Waals surface area contributed by atoms with Gasteiger partial charge in [-0.25, -0.2) is 4.70 Å². The zero-order chi connectivity index (χ0) is 27.2. The van der Waals surface area contributed by atoms with Gasteiger partial charge in [-0.1, -0.05) is 109 Å². The summed E-state index contributed by atoms with van der Waals surface area (Å²) in [7, 11) is 0. The fraction of sp³-hybridized carbons (Fsp3) is 0.500. The lowest BCUT2D eigenvalue weighted by molar-refractivity contribution is -0.345. The van der Waals surface area contributed by atoms with Crippen molar-refractivity contribution in [3.63, 3.8) is 0 Å². The Morgan fingerprint density at radius 3 is 1.76 bits per heavy atom. The van der Waals surface area contributed by atoms with Crippen molar-refractivity contribution in [2.45, 2.75) is 118 Å². The third-order valence-electron chi connectivity index (χ3n) is 7.51. The molecular formula is C36H48N2. The van der Waals surface area contributed by atoms with Gasteiger partial charge in [0.15, 0.2) is 0 Å². The first-order valence-electron chi connectivity index (χ1n) is 15.3. The molecule has 0 fully saturated rings. The number of hydrogen-bond donors (Lipinski definition) is 0. The molecule has 0 N–H and O–H groups in total. The summed E-state index contributed by atoms with van der Waals surface area (Å²) in [5.74, 6) is 7.00. The summed E-state index contributed by atoms with van der Waals surface area (Å²) in [6.45, 7) is 8.91. The molecule has 1 aliphatic heterocycles. The maximum atomic E-state index is 11.8. The average Bonchev–Trinajstić information content (AvgIpc) is 3.22. The molecule has 1 heterocycles. The number of aryl methyl sites for hydroxylation is 2. The van der Waals surface area contributed by atoms with Gasteiger partial charge in [0.1, 0.15) is 5.57 Å². The van der Waals surface area contributed by atoms with Crippen LogP contribution in [0.15, 0.2) is 59.7 Å². The largest absolute Gasteiger partial charge is 0.493 e. The van der Waals surface area contributed by atoms with E-state index in [1.807, 2.05) is 0 Å². The number of rotatable bonds is 15. The number of allylic oxidation sites excluding steroid dienone is 2. The molecule has 0 aliphatic carbocycles. The van der Waals surface area contributed by atoms with Crippen molar-refractivity contribution in [2.75, 3.05) is 0 Å². The molecule has 0 aromatic heterocycles. The second-order valence-electron chi connectivity index (χ2n) is 10.6. The van der Waals surface area contributed by atoms with Gasteiger partial charge in [-0.05, 0) is 73.9 Å². The zero-order valence-corrected chi connectivity index (χ0v) is 24.4. The highest BCUT2D eigenvalue weighted by atomic mass is 15.2. The normalized spacial score (nSPS) is 13.3. The Bertz CT molecular complexity index is 1190. The van der Waals surface area contributed by atoms with Gasteiger partial charge in [0, 0.05) is 23.1 Å². The minimum Gasteiger partial charge on any atom is -0.493 e. The number of hydrogen-bond acceptors (Lipinski definition) is 0. The second kappa shape index (κ2) is 16.1. The molecule has 2 nitrogen and oxygen atoms in total. The topological polar surface area (TPSA) is 25.3 Å². The third-order valence-corrected chi connectivity index (χ3v) is 7.51. The molecule has 0 radical (unpaired) electrons. The summed E-state index contributed by atoms with van der Waals surface area (Å²) >= 11 is 0. The van der Waals surface area contributed by atoms with E-state index in [4.69, 9.17) is 0 Å². The number of benzene rings is 2. The standard InChI is InChI=1S/C36H48N2/c1-5-9-12-13-14-17-26-34-33(8-4)35(31-24-18-22-29(27-31)20-15-10-6-2)38(37)36(34)32-25-19-23-30(28-32)21-16-11-7-3/h18-19,22-25,27-28H,5-16,20-21H2,1-4H3. The van der Waals surface area contributed by atoms with E-state index in [1.54, 1.807) is 0 Å². The van der Waals surface area contributed by atoms with Crippen LogP contribution >= 0.6 is 0 Å². The predicted molar refractivity (Wildman–Crippen MR) is 164 cm³/mol. The molecular weight excluding hydrogens is 460 g/mol. The Balaban J connectivity index is 2.01. The Labute approximate surface area is 232 Å². The summed E-state index contributed by atoms with van der Waals surface area (Å²) in [6.07, 6.45) is 16.1. The van der Waals surface area contributed by atoms with Crippen LogP contribution in [0.25, 0.3) is 16.9 Å². The van der Waals surface area contributed by atoms with Gasteiger partial charge >= 0.3 is 0 Å². The lowest BCUT2D eigenvalue weighted by Gasteiger charge is -2.11. The third kappa shape index (κ3) is 8.04. The van der Waals surface area contributed by atoms with E-state index in [1.165, 1.54) is 73.6 Å². The highest BCUT2D eigenvalue weighted by Crippen LogP contribution is 2.42. The molecule has 0 unspecified atom stereocenters. The fourth-order valence-corrected chi connectivity index (χ4v) is 5.35.